The standard InChI is InChI=1S/C23H21N3O3S/c1-13-10-14(2)20(15(3)11-13)18-12-30-23(24-18)25-19(27)8-9-26-21(28)16-6-4-5-7-17(16)22(26)29/h4-7,10-12H,8-9H2,1-3H3,(H,24,25,27). The molecule has 152 valence electrons. The molecule has 0 saturated carbocycles. The van der Waals surface area contributed by atoms with Crippen molar-refractivity contribution >= 4 is 34.2 Å². The summed E-state index contributed by atoms with van der Waals surface area (Å²) in [7, 11) is 0. The van der Waals surface area contributed by atoms with E-state index in [4.69, 9.17) is 0 Å². The van der Waals surface area contributed by atoms with Crippen LogP contribution in [0.3, 0.4) is 0 Å². The Kier molecular flexibility index (Phi) is 5.22. The summed E-state index contributed by atoms with van der Waals surface area (Å²) < 4.78 is 0. The van der Waals surface area contributed by atoms with E-state index in [1.54, 1.807) is 24.3 Å². The average molecular weight is 420 g/mol. The molecule has 1 aromatic heterocycles. The zero-order valence-corrected chi connectivity index (χ0v) is 17.8. The van der Waals surface area contributed by atoms with Crippen molar-refractivity contribution in [3.05, 3.63) is 69.6 Å². The monoisotopic (exact) mass is 419 g/mol. The first-order valence-electron chi connectivity index (χ1n) is 9.64. The predicted molar refractivity (Wildman–Crippen MR) is 117 cm³/mol. The molecule has 0 spiro atoms. The quantitative estimate of drug-likeness (QED) is 0.623. The number of fused-ring (bicyclic) bond motifs is 1. The smallest absolute Gasteiger partial charge is 0.261 e. The van der Waals surface area contributed by atoms with E-state index in [1.807, 2.05) is 5.38 Å². The van der Waals surface area contributed by atoms with Crippen LogP contribution in [0.5, 0.6) is 0 Å². The number of thiazole rings is 1. The molecule has 0 radical (unpaired) electrons. The molecule has 0 atom stereocenters. The second kappa shape index (κ2) is 7.84. The Morgan fingerprint density at radius 2 is 1.63 bits per heavy atom. The molecule has 3 aromatic rings. The number of aryl methyl sites for hydroxylation is 3. The highest BCUT2D eigenvalue weighted by Gasteiger charge is 2.35. The first kappa shape index (κ1) is 20.0. The van der Waals surface area contributed by atoms with Gasteiger partial charge in [0.1, 0.15) is 0 Å². The maximum Gasteiger partial charge on any atom is 0.261 e. The zero-order valence-electron chi connectivity index (χ0n) is 17.0. The number of imide groups is 1. The number of aromatic nitrogens is 1. The Bertz CT molecular complexity index is 1120. The maximum atomic E-state index is 12.4. The number of carbonyl (C=O) groups is 3. The molecular formula is C23H21N3O3S. The molecule has 0 saturated heterocycles. The van der Waals surface area contributed by atoms with Crippen LogP contribution in [0.2, 0.25) is 0 Å². The van der Waals surface area contributed by atoms with Crippen molar-refractivity contribution < 1.29 is 14.4 Å². The number of amides is 3. The fraction of sp³-hybridized carbons (Fsp3) is 0.217. The highest BCUT2D eigenvalue weighted by molar-refractivity contribution is 7.14. The van der Waals surface area contributed by atoms with Crippen LogP contribution in [0.25, 0.3) is 11.3 Å². The van der Waals surface area contributed by atoms with Gasteiger partial charge in [-0.25, -0.2) is 4.98 Å². The van der Waals surface area contributed by atoms with Gasteiger partial charge in [0.05, 0.1) is 16.8 Å². The van der Waals surface area contributed by atoms with E-state index in [9.17, 15) is 14.4 Å². The molecule has 0 unspecified atom stereocenters. The van der Waals surface area contributed by atoms with Gasteiger partial charge in [0.15, 0.2) is 5.13 Å². The number of rotatable bonds is 5. The van der Waals surface area contributed by atoms with Gasteiger partial charge in [-0.3, -0.25) is 19.3 Å². The van der Waals surface area contributed by atoms with Crippen molar-refractivity contribution in [3.63, 3.8) is 0 Å². The van der Waals surface area contributed by atoms with E-state index < -0.39 is 0 Å². The molecule has 7 heteroatoms. The summed E-state index contributed by atoms with van der Waals surface area (Å²) in [6.45, 7) is 6.20. The summed E-state index contributed by atoms with van der Waals surface area (Å²) >= 11 is 1.35. The van der Waals surface area contributed by atoms with Gasteiger partial charge in [-0.1, -0.05) is 29.8 Å². The van der Waals surface area contributed by atoms with Crippen molar-refractivity contribution in [3.8, 4) is 11.3 Å². The molecule has 0 bridgehead atoms. The normalized spacial score (nSPS) is 13.0. The van der Waals surface area contributed by atoms with Crippen LogP contribution in [0.1, 0.15) is 43.8 Å². The fourth-order valence-electron chi connectivity index (χ4n) is 3.87. The Labute approximate surface area is 178 Å². The predicted octanol–water partition coefficient (Wildman–Crippen LogP) is 4.36. The molecule has 0 fully saturated rings. The zero-order chi connectivity index (χ0) is 21.4. The Hall–Kier alpha value is -3.32. The van der Waals surface area contributed by atoms with Gasteiger partial charge in [0.25, 0.3) is 11.8 Å². The van der Waals surface area contributed by atoms with Crippen LogP contribution >= 0.6 is 11.3 Å². The van der Waals surface area contributed by atoms with Gasteiger partial charge in [-0.05, 0) is 44.0 Å². The summed E-state index contributed by atoms with van der Waals surface area (Å²) in [4.78, 5) is 42.8. The second-order valence-corrected chi connectivity index (χ2v) is 8.28. The largest absolute Gasteiger partial charge is 0.302 e. The summed E-state index contributed by atoms with van der Waals surface area (Å²) in [5.41, 5.74) is 6.15. The van der Waals surface area contributed by atoms with Gasteiger partial charge in [-0.15, -0.1) is 11.3 Å². The van der Waals surface area contributed by atoms with Gasteiger partial charge in [0, 0.05) is 23.9 Å². The van der Waals surface area contributed by atoms with Crippen LogP contribution in [0.15, 0.2) is 41.8 Å². The highest BCUT2D eigenvalue weighted by Crippen LogP contribution is 2.31. The molecule has 3 amide bonds. The van der Waals surface area contributed by atoms with Crippen molar-refractivity contribution in [2.45, 2.75) is 27.2 Å². The number of nitrogens with one attached hydrogen (secondary N) is 1. The van der Waals surface area contributed by atoms with Crippen LogP contribution < -0.4 is 5.32 Å². The minimum Gasteiger partial charge on any atom is -0.302 e. The van der Waals surface area contributed by atoms with E-state index in [0.29, 0.717) is 16.3 Å². The average Bonchev–Trinajstić information content (AvgIpc) is 3.23. The van der Waals surface area contributed by atoms with E-state index in [1.165, 1.54) is 16.9 Å². The number of hydrogen-bond donors (Lipinski definition) is 1. The summed E-state index contributed by atoms with van der Waals surface area (Å²) in [6, 6.07) is 10.9. The third-order valence-electron chi connectivity index (χ3n) is 5.12. The van der Waals surface area contributed by atoms with Gasteiger partial charge < -0.3 is 5.32 Å². The molecule has 1 N–H and O–H groups in total. The van der Waals surface area contributed by atoms with Crippen LogP contribution in [-0.4, -0.2) is 34.2 Å². The lowest BCUT2D eigenvalue weighted by molar-refractivity contribution is -0.116. The van der Waals surface area contributed by atoms with E-state index >= 15 is 0 Å². The van der Waals surface area contributed by atoms with Gasteiger partial charge >= 0.3 is 0 Å². The molecule has 6 nitrogen and oxygen atoms in total. The Morgan fingerprint density at radius 1 is 1.03 bits per heavy atom. The van der Waals surface area contributed by atoms with Crippen LogP contribution in [0, 0.1) is 20.8 Å². The lowest BCUT2D eigenvalue weighted by Gasteiger charge is -2.13. The molecule has 2 aromatic carbocycles. The van der Waals surface area contributed by atoms with E-state index in [2.05, 4.69) is 43.2 Å². The SMILES string of the molecule is Cc1cc(C)c(-c2csc(NC(=O)CCN3C(=O)c4ccccc4C3=O)n2)c(C)c1. The third kappa shape index (κ3) is 3.64. The topological polar surface area (TPSA) is 79.4 Å². The summed E-state index contributed by atoms with van der Waals surface area (Å²) in [5.74, 6) is -1.000. The van der Waals surface area contributed by atoms with E-state index in [-0.39, 0.29) is 30.7 Å². The molecule has 30 heavy (non-hydrogen) atoms. The van der Waals surface area contributed by atoms with Crippen LogP contribution in [0.4, 0.5) is 5.13 Å². The number of anilines is 1. The summed E-state index contributed by atoms with van der Waals surface area (Å²) in [5, 5.41) is 5.19. The molecule has 0 aliphatic carbocycles. The first-order valence-corrected chi connectivity index (χ1v) is 10.5. The molecule has 1 aliphatic heterocycles. The molecule has 4 rings (SSSR count). The number of carbonyl (C=O) groups excluding carboxylic acids is 3. The fourth-order valence-corrected chi connectivity index (χ4v) is 4.58. The van der Waals surface area contributed by atoms with Crippen molar-refractivity contribution in [2.24, 2.45) is 0 Å². The highest BCUT2D eigenvalue weighted by atomic mass is 32.1. The lowest BCUT2D eigenvalue weighted by atomic mass is 9.98. The van der Waals surface area contributed by atoms with E-state index in [0.717, 1.165) is 27.3 Å². The molecular weight excluding hydrogens is 398 g/mol. The Balaban J connectivity index is 1.41. The lowest BCUT2D eigenvalue weighted by Crippen LogP contribution is -2.32. The van der Waals surface area contributed by atoms with Gasteiger partial charge in [0.2, 0.25) is 5.91 Å². The number of hydrogen-bond acceptors (Lipinski definition) is 5. The Morgan fingerprint density at radius 3 is 2.23 bits per heavy atom. The minimum atomic E-state index is -0.356. The molecule has 2 heterocycles. The summed E-state index contributed by atoms with van der Waals surface area (Å²) in [6.07, 6.45) is 0.0168. The van der Waals surface area contributed by atoms with Crippen LogP contribution in [-0.2, 0) is 4.79 Å². The van der Waals surface area contributed by atoms with Crippen molar-refractivity contribution in [2.75, 3.05) is 11.9 Å². The third-order valence-corrected chi connectivity index (χ3v) is 5.88. The second-order valence-electron chi connectivity index (χ2n) is 7.42. The minimum absolute atomic E-state index is 0.0168. The van der Waals surface area contributed by atoms with Gasteiger partial charge in [-0.2, -0.15) is 0 Å². The molecule has 1 aliphatic rings. The number of nitrogens with zero attached hydrogens (tertiary/aromatic N) is 2. The van der Waals surface area contributed by atoms with Crippen molar-refractivity contribution in [1.29, 1.82) is 0 Å². The number of benzene rings is 2. The van der Waals surface area contributed by atoms with Crippen molar-refractivity contribution in [1.82, 2.24) is 9.88 Å². The maximum absolute atomic E-state index is 12.4. The first-order chi connectivity index (χ1) is 14.3.